The van der Waals surface area contributed by atoms with E-state index in [9.17, 15) is 4.79 Å². The summed E-state index contributed by atoms with van der Waals surface area (Å²) >= 11 is 0. The molecule has 2 N–H and O–H groups in total. The van der Waals surface area contributed by atoms with E-state index >= 15 is 0 Å². The van der Waals surface area contributed by atoms with E-state index in [1.165, 1.54) is 0 Å². The van der Waals surface area contributed by atoms with Gasteiger partial charge in [-0.2, -0.15) is 0 Å². The molecule has 0 aliphatic heterocycles. The number of esters is 1. The molecule has 0 saturated carbocycles. The molecule has 0 bridgehead atoms. The van der Waals surface area contributed by atoms with E-state index in [0.29, 0.717) is 18.6 Å². The van der Waals surface area contributed by atoms with Gasteiger partial charge < -0.3 is 10.5 Å². The highest BCUT2D eigenvalue weighted by Gasteiger charge is 2.12. The number of hydrogen-bond acceptors (Lipinski definition) is 3. The number of carbonyl (C=O) groups is 1. The van der Waals surface area contributed by atoms with Crippen molar-refractivity contribution in [3.8, 4) is 0 Å². The van der Waals surface area contributed by atoms with Crippen LogP contribution in [0.4, 0.5) is 5.69 Å². The number of rotatable bonds is 4. The molecular formula is C17H19NO2. The molecule has 0 radical (unpaired) electrons. The molecule has 104 valence electrons. The summed E-state index contributed by atoms with van der Waals surface area (Å²) in [4.78, 5) is 11.9. The number of hydrogen-bond donors (Lipinski definition) is 1. The fourth-order valence-electron chi connectivity index (χ4n) is 2.15. The summed E-state index contributed by atoms with van der Waals surface area (Å²) in [6, 6.07) is 13.5. The summed E-state index contributed by atoms with van der Waals surface area (Å²) in [5.74, 6) is -0.268. The Bertz CT molecular complexity index is 620. The van der Waals surface area contributed by atoms with Crippen LogP contribution in [0.2, 0.25) is 0 Å². The van der Waals surface area contributed by atoms with Crippen LogP contribution < -0.4 is 5.73 Å². The Labute approximate surface area is 119 Å². The van der Waals surface area contributed by atoms with Crippen LogP contribution in [0.15, 0.2) is 42.5 Å². The Hall–Kier alpha value is -2.29. The SMILES string of the molecule is CCOC(=O)c1ccccc1Cc1ccc(N)c(C)c1. The molecule has 0 fully saturated rings. The fraction of sp³-hybridized carbons (Fsp3) is 0.235. The predicted molar refractivity (Wildman–Crippen MR) is 80.8 cm³/mol. The minimum absolute atomic E-state index is 0.268. The van der Waals surface area contributed by atoms with E-state index in [1.807, 2.05) is 44.2 Å². The summed E-state index contributed by atoms with van der Waals surface area (Å²) in [5, 5.41) is 0. The Kier molecular flexibility index (Phi) is 4.41. The van der Waals surface area contributed by atoms with E-state index in [2.05, 4.69) is 6.07 Å². The Morgan fingerprint density at radius 1 is 1.20 bits per heavy atom. The van der Waals surface area contributed by atoms with Gasteiger partial charge >= 0.3 is 5.97 Å². The zero-order chi connectivity index (χ0) is 14.5. The lowest BCUT2D eigenvalue weighted by atomic mass is 9.98. The number of aryl methyl sites for hydroxylation is 1. The Morgan fingerprint density at radius 3 is 2.65 bits per heavy atom. The molecule has 2 aromatic carbocycles. The van der Waals surface area contributed by atoms with Gasteiger partial charge in [0.1, 0.15) is 0 Å². The number of nitrogens with two attached hydrogens (primary N) is 1. The second-order valence-electron chi connectivity index (χ2n) is 4.75. The van der Waals surface area contributed by atoms with Gasteiger partial charge in [0.2, 0.25) is 0 Å². The minimum Gasteiger partial charge on any atom is -0.462 e. The van der Waals surface area contributed by atoms with Crippen molar-refractivity contribution in [3.05, 3.63) is 64.7 Å². The molecule has 2 rings (SSSR count). The van der Waals surface area contributed by atoms with E-state index in [1.54, 1.807) is 6.07 Å². The lowest BCUT2D eigenvalue weighted by molar-refractivity contribution is 0.0525. The summed E-state index contributed by atoms with van der Waals surface area (Å²) < 4.78 is 5.09. The van der Waals surface area contributed by atoms with Crippen LogP contribution >= 0.6 is 0 Å². The van der Waals surface area contributed by atoms with Crippen molar-refractivity contribution in [2.24, 2.45) is 0 Å². The number of nitrogen functional groups attached to an aromatic ring is 1. The lowest BCUT2D eigenvalue weighted by Crippen LogP contribution is -2.08. The summed E-state index contributed by atoms with van der Waals surface area (Å²) in [7, 11) is 0. The van der Waals surface area contributed by atoms with Crippen LogP contribution in [-0.4, -0.2) is 12.6 Å². The zero-order valence-corrected chi connectivity index (χ0v) is 11.8. The normalized spacial score (nSPS) is 10.3. The average Bonchev–Trinajstić information content (AvgIpc) is 2.44. The monoisotopic (exact) mass is 269 g/mol. The van der Waals surface area contributed by atoms with Crippen LogP contribution in [0, 0.1) is 6.92 Å². The highest BCUT2D eigenvalue weighted by atomic mass is 16.5. The van der Waals surface area contributed by atoms with Gasteiger partial charge in [0.05, 0.1) is 12.2 Å². The van der Waals surface area contributed by atoms with Crippen LogP contribution in [0.5, 0.6) is 0 Å². The van der Waals surface area contributed by atoms with Gasteiger partial charge in [0.15, 0.2) is 0 Å². The molecule has 0 aliphatic rings. The third-order valence-electron chi connectivity index (χ3n) is 3.24. The quantitative estimate of drug-likeness (QED) is 0.684. The first kappa shape index (κ1) is 14.1. The van der Waals surface area contributed by atoms with Crippen LogP contribution in [-0.2, 0) is 11.2 Å². The molecule has 0 saturated heterocycles. The lowest BCUT2D eigenvalue weighted by Gasteiger charge is -2.10. The summed E-state index contributed by atoms with van der Waals surface area (Å²) in [6.45, 7) is 4.17. The van der Waals surface area contributed by atoms with Crippen molar-refractivity contribution in [2.45, 2.75) is 20.3 Å². The fourth-order valence-corrected chi connectivity index (χ4v) is 2.15. The molecule has 0 unspecified atom stereocenters. The Morgan fingerprint density at radius 2 is 1.95 bits per heavy atom. The predicted octanol–water partition coefficient (Wildman–Crippen LogP) is 3.34. The zero-order valence-electron chi connectivity index (χ0n) is 11.8. The Balaban J connectivity index is 2.29. The van der Waals surface area contributed by atoms with Crippen molar-refractivity contribution in [3.63, 3.8) is 0 Å². The van der Waals surface area contributed by atoms with Gasteiger partial charge in [-0.05, 0) is 49.1 Å². The molecule has 3 nitrogen and oxygen atoms in total. The molecule has 0 aliphatic carbocycles. The molecule has 20 heavy (non-hydrogen) atoms. The van der Waals surface area contributed by atoms with E-state index in [-0.39, 0.29) is 5.97 Å². The first-order valence-electron chi connectivity index (χ1n) is 6.72. The maximum absolute atomic E-state index is 11.9. The van der Waals surface area contributed by atoms with E-state index in [4.69, 9.17) is 10.5 Å². The second-order valence-corrected chi connectivity index (χ2v) is 4.75. The molecule has 3 heteroatoms. The molecule has 2 aromatic rings. The summed E-state index contributed by atoms with van der Waals surface area (Å²) in [5.41, 5.74) is 10.4. The van der Waals surface area contributed by atoms with Gasteiger partial charge in [-0.15, -0.1) is 0 Å². The minimum atomic E-state index is -0.268. The molecule has 0 spiro atoms. The van der Waals surface area contributed by atoms with Crippen molar-refractivity contribution >= 4 is 11.7 Å². The molecule has 0 atom stereocenters. The number of benzene rings is 2. The van der Waals surface area contributed by atoms with E-state index in [0.717, 1.165) is 22.4 Å². The van der Waals surface area contributed by atoms with Crippen molar-refractivity contribution in [1.29, 1.82) is 0 Å². The van der Waals surface area contributed by atoms with Gasteiger partial charge in [-0.1, -0.05) is 30.3 Å². The average molecular weight is 269 g/mol. The smallest absolute Gasteiger partial charge is 0.338 e. The van der Waals surface area contributed by atoms with Crippen LogP contribution in [0.25, 0.3) is 0 Å². The highest BCUT2D eigenvalue weighted by molar-refractivity contribution is 5.91. The maximum atomic E-state index is 11.9. The van der Waals surface area contributed by atoms with Crippen molar-refractivity contribution < 1.29 is 9.53 Å². The second kappa shape index (κ2) is 6.24. The third kappa shape index (κ3) is 3.18. The molecule has 0 heterocycles. The highest BCUT2D eigenvalue weighted by Crippen LogP contribution is 2.19. The summed E-state index contributed by atoms with van der Waals surface area (Å²) in [6.07, 6.45) is 0.691. The van der Waals surface area contributed by atoms with Gasteiger partial charge in [0, 0.05) is 5.69 Å². The topological polar surface area (TPSA) is 52.3 Å². The largest absolute Gasteiger partial charge is 0.462 e. The van der Waals surface area contributed by atoms with Gasteiger partial charge in [-0.3, -0.25) is 0 Å². The van der Waals surface area contributed by atoms with Crippen molar-refractivity contribution in [1.82, 2.24) is 0 Å². The number of ether oxygens (including phenoxy) is 1. The maximum Gasteiger partial charge on any atom is 0.338 e. The van der Waals surface area contributed by atoms with Crippen molar-refractivity contribution in [2.75, 3.05) is 12.3 Å². The standard InChI is InChI=1S/C17H19NO2/c1-3-20-17(19)15-7-5-4-6-14(15)11-13-8-9-16(18)12(2)10-13/h4-10H,3,11,18H2,1-2H3. The van der Waals surface area contributed by atoms with Crippen LogP contribution in [0.3, 0.4) is 0 Å². The van der Waals surface area contributed by atoms with Crippen LogP contribution in [0.1, 0.15) is 34.0 Å². The third-order valence-corrected chi connectivity index (χ3v) is 3.24. The molecular weight excluding hydrogens is 250 g/mol. The van der Waals surface area contributed by atoms with E-state index < -0.39 is 0 Å². The first-order chi connectivity index (χ1) is 9.61. The number of carbonyl (C=O) groups excluding carboxylic acids is 1. The van der Waals surface area contributed by atoms with Gasteiger partial charge in [-0.25, -0.2) is 4.79 Å². The number of anilines is 1. The first-order valence-corrected chi connectivity index (χ1v) is 6.72. The molecule has 0 aromatic heterocycles. The molecule has 0 amide bonds. The van der Waals surface area contributed by atoms with Gasteiger partial charge in [0.25, 0.3) is 0 Å².